The van der Waals surface area contributed by atoms with Crippen molar-refractivity contribution >= 4 is 55.2 Å². The Balaban J connectivity index is 1.66. The normalized spacial score (nSPS) is 11.2. The van der Waals surface area contributed by atoms with E-state index in [1.54, 1.807) is 6.07 Å². The van der Waals surface area contributed by atoms with Gasteiger partial charge in [-0.3, -0.25) is 10.1 Å². The van der Waals surface area contributed by atoms with Gasteiger partial charge in [0.05, 0.1) is 21.8 Å². The molecule has 1 amide bonds. The van der Waals surface area contributed by atoms with E-state index in [4.69, 9.17) is 20.8 Å². The van der Waals surface area contributed by atoms with E-state index in [2.05, 4.69) is 10.3 Å². The number of carbonyl (C=O) groups excluding carboxylic acids is 1. The molecule has 0 atom stereocenters. The number of fused-ring (bicyclic) bond motifs is 2. The SMILES string of the molecule is CCOc1cccc2cc(C(=O)Nc3nc4c(C)ccc(Cl)c4s3)oc12. The number of benzene rings is 2. The van der Waals surface area contributed by atoms with E-state index in [9.17, 15) is 4.79 Å². The van der Waals surface area contributed by atoms with Gasteiger partial charge in [0.25, 0.3) is 5.91 Å². The minimum absolute atomic E-state index is 0.203. The number of hydrogen-bond acceptors (Lipinski definition) is 5. The van der Waals surface area contributed by atoms with Gasteiger partial charge in [0.1, 0.15) is 0 Å². The summed E-state index contributed by atoms with van der Waals surface area (Å²) in [6.45, 7) is 4.38. The number of rotatable bonds is 4. The van der Waals surface area contributed by atoms with Crippen LogP contribution in [0.15, 0.2) is 40.8 Å². The Bertz CT molecular complexity index is 1090. The third-order valence-electron chi connectivity index (χ3n) is 3.95. The molecule has 0 aliphatic carbocycles. The number of ether oxygens (including phenoxy) is 1. The summed E-state index contributed by atoms with van der Waals surface area (Å²) in [5.74, 6) is 0.456. The van der Waals surface area contributed by atoms with Crippen molar-refractivity contribution in [2.45, 2.75) is 13.8 Å². The van der Waals surface area contributed by atoms with Crippen molar-refractivity contribution in [2.24, 2.45) is 0 Å². The van der Waals surface area contributed by atoms with Gasteiger partial charge in [0.15, 0.2) is 22.2 Å². The first-order chi connectivity index (χ1) is 12.6. The van der Waals surface area contributed by atoms with Crippen LogP contribution in [0.25, 0.3) is 21.2 Å². The number of halogens is 1. The summed E-state index contributed by atoms with van der Waals surface area (Å²) in [5, 5.41) is 4.70. The second-order valence-corrected chi connectivity index (χ2v) is 7.14. The van der Waals surface area contributed by atoms with Crippen LogP contribution in [0.4, 0.5) is 5.13 Å². The van der Waals surface area contributed by atoms with E-state index in [0.29, 0.717) is 28.1 Å². The van der Waals surface area contributed by atoms with E-state index in [0.717, 1.165) is 21.2 Å². The first-order valence-corrected chi connectivity index (χ1v) is 9.28. The molecule has 0 saturated heterocycles. The van der Waals surface area contributed by atoms with Gasteiger partial charge in [0, 0.05) is 5.39 Å². The van der Waals surface area contributed by atoms with Crippen molar-refractivity contribution in [3.8, 4) is 5.75 Å². The van der Waals surface area contributed by atoms with Crippen LogP contribution in [0.3, 0.4) is 0 Å². The fourth-order valence-electron chi connectivity index (χ4n) is 2.73. The summed E-state index contributed by atoms with van der Waals surface area (Å²) in [7, 11) is 0. The second kappa shape index (κ2) is 6.63. The van der Waals surface area contributed by atoms with Crippen molar-refractivity contribution in [1.82, 2.24) is 4.98 Å². The van der Waals surface area contributed by atoms with E-state index in [1.807, 2.05) is 44.2 Å². The van der Waals surface area contributed by atoms with Crippen LogP contribution >= 0.6 is 22.9 Å². The van der Waals surface area contributed by atoms with Crippen LogP contribution in [0, 0.1) is 6.92 Å². The van der Waals surface area contributed by atoms with Gasteiger partial charge < -0.3 is 9.15 Å². The molecule has 0 spiro atoms. The maximum Gasteiger partial charge on any atom is 0.293 e. The van der Waals surface area contributed by atoms with Crippen LogP contribution in [-0.4, -0.2) is 17.5 Å². The minimum Gasteiger partial charge on any atom is -0.490 e. The van der Waals surface area contributed by atoms with Crippen LogP contribution < -0.4 is 10.1 Å². The average Bonchev–Trinajstić information content (AvgIpc) is 3.24. The topological polar surface area (TPSA) is 64.4 Å². The molecule has 1 N–H and O–H groups in total. The zero-order valence-electron chi connectivity index (χ0n) is 14.1. The number of nitrogens with zero attached hydrogens (tertiary/aromatic N) is 1. The predicted octanol–water partition coefficient (Wildman–Crippen LogP) is 5.66. The van der Waals surface area contributed by atoms with Crippen molar-refractivity contribution < 1.29 is 13.9 Å². The summed E-state index contributed by atoms with van der Waals surface area (Å²) < 4.78 is 12.1. The summed E-state index contributed by atoms with van der Waals surface area (Å²) >= 11 is 7.56. The predicted molar refractivity (Wildman–Crippen MR) is 105 cm³/mol. The summed E-state index contributed by atoms with van der Waals surface area (Å²) in [6, 6.07) is 11.0. The molecule has 2 aromatic carbocycles. The first-order valence-electron chi connectivity index (χ1n) is 8.09. The Morgan fingerprint density at radius 1 is 1.35 bits per heavy atom. The third kappa shape index (κ3) is 2.91. The smallest absolute Gasteiger partial charge is 0.293 e. The highest BCUT2D eigenvalue weighted by molar-refractivity contribution is 7.23. The molecule has 0 fully saturated rings. The maximum absolute atomic E-state index is 12.6. The molecular formula is C19H15ClN2O3S. The first kappa shape index (κ1) is 16.9. The average molecular weight is 387 g/mol. The second-order valence-electron chi connectivity index (χ2n) is 5.73. The summed E-state index contributed by atoms with van der Waals surface area (Å²) in [6.07, 6.45) is 0. The highest BCUT2D eigenvalue weighted by Gasteiger charge is 2.17. The van der Waals surface area contributed by atoms with Gasteiger partial charge in [-0.15, -0.1) is 0 Å². The standard InChI is InChI=1S/C19H15ClN2O3S/c1-3-24-13-6-4-5-11-9-14(25-16(11)13)18(23)22-19-21-15-10(2)7-8-12(20)17(15)26-19/h4-9H,3H2,1-2H3,(H,21,22,23). The van der Waals surface area contributed by atoms with E-state index in [-0.39, 0.29) is 11.7 Å². The molecule has 5 nitrogen and oxygen atoms in total. The van der Waals surface area contributed by atoms with Crippen molar-refractivity contribution in [1.29, 1.82) is 0 Å². The Kier molecular flexibility index (Phi) is 4.30. The lowest BCUT2D eigenvalue weighted by atomic mass is 10.2. The molecule has 0 saturated carbocycles. The molecule has 0 aliphatic heterocycles. The number of aromatic nitrogens is 1. The van der Waals surface area contributed by atoms with Gasteiger partial charge in [-0.2, -0.15) is 0 Å². The molecule has 26 heavy (non-hydrogen) atoms. The van der Waals surface area contributed by atoms with Crippen LogP contribution in [0.1, 0.15) is 23.0 Å². The lowest BCUT2D eigenvalue weighted by Gasteiger charge is -2.02. The Morgan fingerprint density at radius 2 is 2.19 bits per heavy atom. The Hall–Kier alpha value is -2.57. The number of para-hydroxylation sites is 1. The van der Waals surface area contributed by atoms with Crippen molar-refractivity contribution in [3.05, 3.63) is 52.7 Å². The molecule has 2 heterocycles. The zero-order valence-corrected chi connectivity index (χ0v) is 15.7. The number of furan rings is 1. The van der Waals surface area contributed by atoms with Gasteiger partial charge >= 0.3 is 0 Å². The monoisotopic (exact) mass is 386 g/mol. The van der Waals surface area contributed by atoms with Gasteiger partial charge in [-0.05, 0) is 37.6 Å². The highest BCUT2D eigenvalue weighted by atomic mass is 35.5. The Labute approximate surface area is 158 Å². The molecule has 4 aromatic rings. The van der Waals surface area contributed by atoms with Crippen LogP contribution in [0.5, 0.6) is 5.75 Å². The zero-order chi connectivity index (χ0) is 18.3. The molecule has 2 aromatic heterocycles. The summed E-state index contributed by atoms with van der Waals surface area (Å²) in [5.41, 5.74) is 2.36. The highest BCUT2D eigenvalue weighted by Crippen LogP contribution is 2.34. The number of anilines is 1. The molecule has 4 rings (SSSR count). The molecule has 7 heteroatoms. The van der Waals surface area contributed by atoms with Crippen molar-refractivity contribution in [3.63, 3.8) is 0 Å². The Morgan fingerprint density at radius 3 is 2.96 bits per heavy atom. The lowest BCUT2D eigenvalue weighted by Crippen LogP contribution is -2.10. The lowest BCUT2D eigenvalue weighted by molar-refractivity contribution is 0.0998. The maximum atomic E-state index is 12.6. The third-order valence-corrected chi connectivity index (χ3v) is 5.38. The van der Waals surface area contributed by atoms with E-state index < -0.39 is 0 Å². The number of amides is 1. The largest absolute Gasteiger partial charge is 0.490 e. The minimum atomic E-state index is -0.364. The molecule has 0 aliphatic rings. The van der Waals surface area contributed by atoms with Gasteiger partial charge in [-0.25, -0.2) is 4.98 Å². The molecule has 0 unspecified atom stereocenters. The number of thiazole rings is 1. The van der Waals surface area contributed by atoms with Crippen LogP contribution in [0.2, 0.25) is 5.02 Å². The quantitative estimate of drug-likeness (QED) is 0.491. The van der Waals surface area contributed by atoms with Gasteiger partial charge in [-0.1, -0.05) is 41.1 Å². The van der Waals surface area contributed by atoms with Crippen molar-refractivity contribution in [2.75, 3.05) is 11.9 Å². The van der Waals surface area contributed by atoms with E-state index >= 15 is 0 Å². The number of hydrogen-bond donors (Lipinski definition) is 1. The number of nitrogens with one attached hydrogen (secondary N) is 1. The number of aryl methyl sites for hydroxylation is 1. The molecule has 0 radical (unpaired) electrons. The number of carbonyl (C=O) groups is 1. The van der Waals surface area contributed by atoms with E-state index in [1.165, 1.54) is 11.3 Å². The molecule has 0 bridgehead atoms. The van der Waals surface area contributed by atoms with Crippen LogP contribution in [-0.2, 0) is 0 Å². The molecular weight excluding hydrogens is 372 g/mol. The fourth-order valence-corrected chi connectivity index (χ4v) is 3.94. The summed E-state index contributed by atoms with van der Waals surface area (Å²) in [4.78, 5) is 17.1. The fraction of sp³-hybridized carbons (Fsp3) is 0.158. The molecule has 132 valence electrons. The van der Waals surface area contributed by atoms with Gasteiger partial charge in [0.2, 0.25) is 0 Å².